The van der Waals surface area contributed by atoms with E-state index in [9.17, 15) is 19.8 Å². The second-order valence-electron chi connectivity index (χ2n) is 3.17. The molecule has 0 saturated heterocycles. The first-order chi connectivity index (χ1) is 5.81. The molecule has 0 spiro atoms. The number of nitrogens with one attached hydrogen (secondary N) is 1. The summed E-state index contributed by atoms with van der Waals surface area (Å²) in [6.45, 7) is 4.87. The van der Waals surface area contributed by atoms with Crippen molar-refractivity contribution in [1.29, 1.82) is 0 Å². The third kappa shape index (κ3) is 7.43. The first-order valence-corrected chi connectivity index (χ1v) is 3.80. The van der Waals surface area contributed by atoms with E-state index in [1.54, 1.807) is 26.2 Å². The molecular formula is C7H12N2Na2O4. The van der Waals surface area contributed by atoms with E-state index in [0.29, 0.717) is 11.4 Å². The maximum atomic E-state index is 10.5. The Bertz CT molecular complexity index is 223. The van der Waals surface area contributed by atoms with Crippen molar-refractivity contribution in [1.82, 2.24) is 10.4 Å². The molecule has 0 unspecified atom stereocenters. The molecule has 8 heteroatoms. The zero-order valence-corrected chi connectivity index (χ0v) is 13.8. The molecule has 76 valence electrons. The van der Waals surface area contributed by atoms with Crippen molar-refractivity contribution in [3.8, 4) is 0 Å². The van der Waals surface area contributed by atoms with Crippen LogP contribution in [0.5, 0.6) is 0 Å². The van der Waals surface area contributed by atoms with E-state index in [1.165, 1.54) is 0 Å². The summed E-state index contributed by atoms with van der Waals surface area (Å²) in [4.78, 5) is 20.6. The van der Waals surface area contributed by atoms with Gasteiger partial charge in [0.05, 0.1) is 5.54 Å². The number of nitrogens with zero attached hydrogens (tertiary/aromatic N) is 1. The van der Waals surface area contributed by atoms with Crippen molar-refractivity contribution >= 4 is 12.2 Å². The number of hydrogen-bond donors (Lipinski definition) is 1. The summed E-state index contributed by atoms with van der Waals surface area (Å²) in [7, 11) is 0. The zero-order chi connectivity index (χ0) is 10.6. The van der Waals surface area contributed by atoms with Crippen molar-refractivity contribution < 1.29 is 78.9 Å². The molecular weight excluding hydrogens is 222 g/mol. The second-order valence-corrected chi connectivity index (χ2v) is 3.17. The Morgan fingerprint density at radius 2 is 1.67 bits per heavy atom. The van der Waals surface area contributed by atoms with Crippen molar-refractivity contribution in [3.05, 3.63) is 0 Å². The van der Waals surface area contributed by atoms with Crippen molar-refractivity contribution in [3.63, 3.8) is 0 Å². The van der Waals surface area contributed by atoms with Crippen LogP contribution in [0.1, 0.15) is 27.2 Å². The minimum absolute atomic E-state index is 0. The summed E-state index contributed by atoms with van der Waals surface area (Å²) in [5, 5.41) is 21.1. The van der Waals surface area contributed by atoms with Gasteiger partial charge >= 0.3 is 59.1 Å². The number of carboxylic acid groups (broad SMARTS) is 2. The SMILES string of the molecule is CCC(C)(C)N(NC(=O)[O-])C(=O)[O-].[Na+].[Na+]. The molecule has 0 fully saturated rings. The Morgan fingerprint density at radius 1 is 1.27 bits per heavy atom. The van der Waals surface area contributed by atoms with Gasteiger partial charge in [0.2, 0.25) is 0 Å². The van der Waals surface area contributed by atoms with Crippen LogP contribution in [-0.2, 0) is 0 Å². The van der Waals surface area contributed by atoms with Gasteiger partial charge in [-0.3, -0.25) is 10.4 Å². The average Bonchev–Trinajstić information content (AvgIpc) is 1.99. The predicted octanol–water partition coefficient (Wildman–Crippen LogP) is -7.32. The average molecular weight is 234 g/mol. The number of rotatable bonds is 2. The molecule has 0 aliphatic carbocycles. The van der Waals surface area contributed by atoms with Crippen LogP contribution >= 0.6 is 0 Å². The molecule has 0 rings (SSSR count). The van der Waals surface area contributed by atoms with Gasteiger partial charge in [-0.25, -0.2) is 0 Å². The van der Waals surface area contributed by atoms with Gasteiger partial charge in [0.15, 0.2) is 12.2 Å². The van der Waals surface area contributed by atoms with E-state index in [-0.39, 0.29) is 59.1 Å². The van der Waals surface area contributed by atoms with Crippen molar-refractivity contribution in [2.75, 3.05) is 0 Å². The number of amides is 2. The first kappa shape index (κ1) is 20.9. The molecule has 0 heterocycles. The number of carbonyl (C=O) groups is 2. The zero-order valence-electron chi connectivity index (χ0n) is 9.79. The van der Waals surface area contributed by atoms with Gasteiger partial charge in [-0.2, -0.15) is 0 Å². The van der Waals surface area contributed by atoms with Crippen LogP contribution in [-0.4, -0.2) is 22.7 Å². The molecule has 0 atom stereocenters. The molecule has 0 radical (unpaired) electrons. The molecule has 6 nitrogen and oxygen atoms in total. The number of hydrogen-bond acceptors (Lipinski definition) is 4. The van der Waals surface area contributed by atoms with Crippen LogP contribution in [0.25, 0.3) is 0 Å². The minimum Gasteiger partial charge on any atom is -0.529 e. The van der Waals surface area contributed by atoms with Crippen LogP contribution in [0.4, 0.5) is 9.59 Å². The van der Waals surface area contributed by atoms with Gasteiger partial charge < -0.3 is 19.8 Å². The second kappa shape index (κ2) is 8.66. The summed E-state index contributed by atoms with van der Waals surface area (Å²) < 4.78 is 0. The van der Waals surface area contributed by atoms with E-state index in [4.69, 9.17) is 0 Å². The fourth-order valence-electron chi connectivity index (χ4n) is 0.694. The monoisotopic (exact) mass is 234 g/mol. The Kier molecular flexibility index (Phi) is 12.1. The van der Waals surface area contributed by atoms with Crippen LogP contribution in [0.15, 0.2) is 0 Å². The molecule has 0 aromatic carbocycles. The Balaban J connectivity index is -0.000000720. The molecule has 15 heavy (non-hydrogen) atoms. The van der Waals surface area contributed by atoms with Gasteiger partial charge in [-0.15, -0.1) is 0 Å². The van der Waals surface area contributed by atoms with Gasteiger partial charge in [0.25, 0.3) is 0 Å². The van der Waals surface area contributed by atoms with Crippen LogP contribution in [0.2, 0.25) is 0 Å². The molecule has 0 aliphatic rings. The fourth-order valence-corrected chi connectivity index (χ4v) is 0.694. The largest absolute Gasteiger partial charge is 1.00 e. The maximum absolute atomic E-state index is 10.5. The molecule has 1 N–H and O–H groups in total. The normalized spacial score (nSPS) is 9.27. The fraction of sp³-hybridized carbons (Fsp3) is 0.714. The van der Waals surface area contributed by atoms with Gasteiger partial charge in [-0.05, 0) is 20.3 Å². The Hall–Kier alpha value is 0.540. The summed E-state index contributed by atoms with van der Waals surface area (Å²) in [6, 6.07) is 0. The maximum Gasteiger partial charge on any atom is 1.00 e. The van der Waals surface area contributed by atoms with E-state index < -0.39 is 17.7 Å². The molecule has 0 aliphatic heterocycles. The quantitative estimate of drug-likeness (QED) is 0.379. The third-order valence-corrected chi connectivity index (χ3v) is 1.86. The van der Waals surface area contributed by atoms with Crippen LogP contribution in [0.3, 0.4) is 0 Å². The molecule has 0 aromatic heterocycles. The van der Waals surface area contributed by atoms with E-state index in [0.717, 1.165) is 0 Å². The Morgan fingerprint density at radius 3 is 1.87 bits per heavy atom. The topological polar surface area (TPSA) is 95.5 Å². The predicted molar refractivity (Wildman–Crippen MR) is 40.1 cm³/mol. The Labute approximate surface area is 133 Å². The van der Waals surface area contributed by atoms with E-state index in [2.05, 4.69) is 0 Å². The van der Waals surface area contributed by atoms with Gasteiger partial charge in [0.1, 0.15) is 0 Å². The van der Waals surface area contributed by atoms with E-state index in [1.807, 2.05) is 0 Å². The summed E-state index contributed by atoms with van der Waals surface area (Å²) in [5.41, 5.74) is 0.799. The summed E-state index contributed by atoms with van der Waals surface area (Å²) in [6.07, 6.45) is -2.83. The standard InChI is InChI=1S/C7H14N2O4.2Na/c1-4-7(2,3)9(6(12)13)8-5(10)11;;/h8H,4H2,1-3H3,(H,10,11)(H,12,13);;/q;2*+1/p-2. The molecule has 2 amide bonds. The van der Waals surface area contributed by atoms with Crippen molar-refractivity contribution in [2.24, 2.45) is 0 Å². The summed E-state index contributed by atoms with van der Waals surface area (Å²) in [5.74, 6) is 0. The molecule has 0 saturated carbocycles. The first-order valence-electron chi connectivity index (χ1n) is 3.80. The van der Waals surface area contributed by atoms with Gasteiger partial charge in [0, 0.05) is 0 Å². The van der Waals surface area contributed by atoms with Crippen molar-refractivity contribution in [2.45, 2.75) is 32.7 Å². The summed E-state index contributed by atoms with van der Waals surface area (Å²) >= 11 is 0. The van der Waals surface area contributed by atoms with E-state index >= 15 is 0 Å². The molecule has 0 aromatic rings. The van der Waals surface area contributed by atoms with Gasteiger partial charge in [-0.1, -0.05) is 6.92 Å². The third-order valence-electron chi connectivity index (χ3n) is 1.86. The van der Waals surface area contributed by atoms with Crippen LogP contribution < -0.4 is 74.8 Å². The smallest absolute Gasteiger partial charge is 0.529 e. The number of hydrazine groups is 1. The van der Waals surface area contributed by atoms with Crippen LogP contribution in [0, 0.1) is 0 Å². The number of carbonyl (C=O) groups excluding carboxylic acids is 2. The minimum atomic E-state index is -1.68. The molecule has 0 bridgehead atoms.